The largest absolute Gasteiger partial charge is 0.336 e. The standard InChI is InChI=1S/C20H27N3/c1-17-4-3-5-18(2)20(17)7-6-19-8-11-22(12-9-19)14-15-23-13-10-21-16-23/h3-7,10,13,16,19H,8-9,11-12,14-15H2,1-2H3. The summed E-state index contributed by atoms with van der Waals surface area (Å²) in [7, 11) is 0. The van der Waals surface area contributed by atoms with Gasteiger partial charge in [0.15, 0.2) is 0 Å². The predicted molar refractivity (Wildman–Crippen MR) is 96.3 cm³/mol. The van der Waals surface area contributed by atoms with Crippen LogP contribution in [0.2, 0.25) is 0 Å². The van der Waals surface area contributed by atoms with Crippen molar-refractivity contribution >= 4 is 6.08 Å². The fourth-order valence-corrected chi connectivity index (χ4v) is 3.37. The van der Waals surface area contributed by atoms with Crippen molar-refractivity contribution in [3.63, 3.8) is 0 Å². The second-order valence-electron chi connectivity index (χ2n) is 6.64. The molecule has 1 fully saturated rings. The van der Waals surface area contributed by atoms with E-state index in [1.165, 1.54) is 42.6 Å². The minimum Gasteiger partial charge on any atom is -0.336 e. The number of aromatic nitrogens is 2. The van der Waals surface area contributed by atoms with Crippen LogP contribution in [0, 0.1) is 19.8 Å². The molecule has 0 unspecified atom stereocenters. The molecule has 0 saturated carbocycles. The van der Waals surface area contributed by atoms with Crippen LogP contribution in [0.1, 0.15) is 29.5 Å². The fraction of sp³-hybridized carbons (Fsp3) is 0.450. The Bertz CT molecular complexity index is 615. The second kappa shape index (κ2) is 7.60. The summed E-state index contributed by atoms with van der Waals surface area (Å²) in [5, 5.41) is 0. The third-order valence-electron chi connectivity index (χ3n) is 4.94. The van der Waals surface area contributed by atoms with E-state index in [0.29, 0.717) is 0 Å². The number of hydrogen-bond donors (Lipinski definition) is 0. The van der Waals surface area contributed by atoms with Crippen molar-refractivity contribution in [2.75, 3.05) is 19.6 Å². The van der Waals surface area contributed by atoms with E-state index < -0.39 is 0 Å². The highest BCUT2D eigenvalue weighted by Gasteiger charge is 2.16. The van der Waals surface area contributed by atoms with Crippen molar-refractivity contribution in [1.29, 1.82) is 0 Å². The SMILES string of the molecule is Cc1cccc(C)c1C=CC1CCN(CCn2ccnc2)CC1. The maximum Gasteiger partial charge on any atom is 0.0946 e. The molecule has 0 aliphatic carbocycles. The first-order valence-corrected chi connectivity index (χ1v) is 8.65. The molecule has 0 N–H and O–H groups in total. The molecule has 0 amide bonds. The Hall–Kier alpha value is -1.87. The summed E-state index contributed by atoms with van der Waals surface area (Å²) in [4.78, 5) is 6.67. The average Bonchev–Trinajstić information content (AvgIpc) is 3.07. The Morgan fingerprint density at radius 2 is 1.87 bits per heavy atom. The maximum absolute atomic E-state index is 4.10. The van der Waals surface area contributed by atoms with Gasteiger partial charge in [0.25, 0.3) is 0 Å². The Morgan fingerprint density at radius 3 is 2.52 bits per heavy atom. The first-order chi connectivity index (χ1) is 11.2. The topological polar surface area (TPSA) is 21.1 Å². The number of hydrogen-bond acceptors (Lipinski definition) is 2. The molecule has 3 nitrogen and oxygen atoms in total. The summed E-state index contributed by atoms with van der Waals surface area (Å²) < 4.78 is 2.16. The summed E-state index contributed by atoms with van der Waals surface area (Å²) in [5.74, 6) is 0.721. The molecule has 1 aliphatic rings. The molecule has 1 aromatic carbocycles. The van der Waals surface area contributed by atoms with Gasteiger partial charge in [0.05, 0.1) is 6.33 Å². The zero-order valence-electron chi connectivity index (χ0n) is 14.3. The summed E-state index contributed by atoms with van der Waals surface area (Å²) in [6.45, 7) is 8.98. The average molecular weight is 309 g/mol. The van der Waals surface area contributed by atoms with Crippen LogP contribution in [-0.2, 0) is 6.54 Å². The van der Waals surface area contributed by atoms with Gasteiger partial charge in [0, 0.05) is 25.5 Å². The van der Waals surface area contributed by atoms with Crippen LogP contribution in [0.15, 0.2) is 43.0 Å². The lowest BCUT2D eigenvalue weighted by Gasteiger charge is -2.30. The lowest BCUT2D eigenvalue weighted by Crippen LogP contribution is -2.35. The van der Waals surface area contributed by atoms with E-state index in [9.17, 15) is 0 Å². The molecule has 0 spiro atoms. The maximum atomic E-state index is 4.10. The normalized spacial score (nSPS) is 17.1. The van der Waals surface area contributed by atoms with Crippen molar-refractivity contribution < 1.29 is 0 Å². The summed E-state index contributed by atoms with van der Waals surface area (Å²) >= 11 is 0. The van der Waals surface area contributed by atoms with Crippen LogP contribution >= 0.6 is 0 Å². The lowest BCUT2D eigenvalue weighted by atomic mass is 9.94. The van der Waals surface area contributed by atoms with Gasteiger partial charge in [-0.3, -0.25) is 0 Å². The molecule has 1 saturated heterocycles. The molecule has 0 atom stereocenters. The fourth-order valence-electron chi connectivity index (χ4n) is 3.37. The summed E-state index contributed by atoms with van der Waals surface area (Å²) in [6.07, 6.45) is 13.1. The predicted octanol–water partition coefficient (Wildman–Crippen LogP) is 3.93. The highest BCUT2D eigenvalue weighted by Crippen LogP contribution is 2.22. The van der Waals surface area contributed by atoms with E-state index in [0.717, 1.165) is 19.0 Å². The Morgan fingerprint density at radius 1 is 1.13 bits per heavy atom. The summed E-state index contributed by atoms with van der Waals surface area (Å²) in [5.41, 5.74) is 4.15. The van der Waals surface area contributed by atoms with Crippen molar-refractivity contribution in [2.45, 2.75) is 33.2 Å². The van der Waals surface area contributed by atoms with Gasteiger partial charge in [-0.1, -0.05) is 30.4 Å². The number of aryl methyl sites for hydroxylation is 2. The molecular weight excluding hydrogens is 282 g/mol. The number of imidazole rings is 1. The molecule has 2 aromatic rings. The zero-order chi connectivity index (χ0) is 16.1. The molecule has 0 bridgehead atoms. The van der Waals surface area contributed by atoms with Gasteiger partial charge >= 0.3 is 0 Å². The Labute approximate surface area is 139 Å². The zero-order valence-corrected chi connectivity index (χ0v) is 14.3. The highest BCUT2D eigenvalue weighted by atomic mass is 15.2. The highest BCUT2D eigenvalue weighted by molar-refractivity contribution is 5.57. The number of benzene rings is 1. The molecule has 1 aromatic heterocycles. The van der Waals surface area contributed by atoms with Crippen LogP contribution in [0.3, 0.4) is 0 Å². The quantitative estimate of drug-likeness (QED) is 0.834. The van der Waals surface area contributed by atoms with Gasteiger partial charge in [-0.15, -0.1) is 0 Å². The van der Waals surface area contributed by atoms with Crippen molar-refractivity contribution in [1.82, 2.24) is 14.5 Å². The molecule has 3 rings (SSSR count). The van der Waals surface area contributed by atoms with Gasteiger partial charge < -0.3 is 9.47 Å². The van der Waals surface area contributed by atoms with Gasteiger partial charge in [0.1, 0.15) is 0 Å². The van der Waals surface area contributed by atoms with Crippen molar-refractivity contribution in [3.05, 3.63) is 59.7 Å². The number of allylic oxidation sites excluding steroid dienone is 1. The number of rotatable bonds is 5. The van der Waals surface area contributed by atoms with E-state index in [1.807, 2.05) is 18.7 Å². The van der Waals surface area contributed by atoms with Crippen LogP contribution in [0.25, 0.3) is 6.08 Å². The van der Waals surface area contributed by atoms with E-state index in [1.54, 1.807) is 0 Å². The number of likely N-dealkylation sites (tertiary alicyclic amines) is 1. The first-order valence-electron chi connectivity index (χ1n) is 8.65. The summed E-state index contributed by atoms with van der Waals surface area (Å²) in [6, 6.07) is 6.54. The lowest BCUT2D eigenvalue weighted by molar-refractivity contribution is 0.197. The Balaban J connectivity index is 1.48. The number of piperidine rings is 1. The van der Waals surface area contributed by atoms with Gasteiger partial charge in [-0.2, -0.15) is 0 Å². The van der Waals surface area contributed by atoms with Gasteiger partial charge in [-0.05, 0) is 62.4 Å². The monoisotopic (exact) mass is 309 g/mol. The minimum absolute atomic E-state index is 0.721. The van der Waals surface area contributed by atoms with Gasteiger partial charge in [0.2, 0.25) is 0 Å². The van der Waals surface area contributed by atoms with E-state index in [-0.39, 0.29) is 0 Å². The second-order valence-corrected chi connectivity index (χ2v) is 6.64. The van der Waals surface area contributed by atoms with E-state index >= 15 is 0 Å². The molecule has 1 aliphatic heterocycles. The van der Waals surface area contributed by atoms with E-state index in [4.69, 9.17) is 0 Å². The first kappa shape index (κ1) is 16.0. The number of nitrogens with zero attached hydrogens (tertiary/aromatic N) is 3. The molecule has 3 heteroatoms. The van der Waals surface area contributed by atoms with Crippen LogP contribution in [-0.4, -0.2) is 34.1 Å². The minimum atomic E-state index is 0.721. The van der Waals surface area contributed by atoms with Crippen LogP contribution in [0.4, 0.5) is 0 Å². The van der Waals surface area contributed by atoms with Crippen molar-refractivity contribution in [3.8, 4) is 0 Å². The van der Waals surface area contributed by atoms with Crippen molar-refractivity contribution in [2.24, 2.45) is 5.92 Å². The smallest absolute Gasteiger partial charge is 0.0946 e. The molecule has 122 valence electrons. The molecule has 23 heavy (non-hydrogen) atoms. The Kier molecular flexibility index (Phi) is 5.29. The van der Waals surface area contributed by atoms with E-state index in [2.05, 4.69) is 58.6 Å². The molecular formula is C20H27N3. The molecule has 0 radical (unpaired) electrons. The molecule has 2 heterocycles. The van der Waals surface area contributed by atoms with Gasteiger partial charge in [-0.25, -0.2) is 4.98 Å². The third kappa shape index (κ3) is 4.32. The third-order valence-corrected chi connectivity index (χ3v) is 4.94. The van der Waals surface area contributed by atoms with Crippen LogP contribution in [0.5, 0.6) is 0 Å². The van der Waals surface area contributed by atoms with Crippen LogP contribution < -0.4 is 0 Å².